The second-order valence-electron chi connectivity index (χ2n) is 8.51. The Hall–Kier alpha value is -4.48. The lowest BCUT2D eigenvalue weighted by Gasteiger charge is -2.49. The van der Waals surface area contributed by atoms with E-state index in [1.54, 1.807) is 0 Å². The van der Waals surface area contributed by atoms with E-state index in [4.69, 9.17) is 14.6 Å². The molecule has 3 rings (SSSR count). The lowest BCUT2D eigenvalue weighted by Crippen LogP contribution is -2.75. The monoisotopic (exact) mass is 591 g/mol. The molecule has 2 aliphatic heterocycles. The van der Waals surface area contributed by atoms with Gasteiger partial charge in [0.1, 0.15) is 25.0 Å². The maximum Gasteiger partial charge on any atom is 0.471 e. The molecule has 40 heavy (non-hydrogen) atoms. The van der Waals surface area contributed by atoms with Crippen LogP contribution in [0.15, 0.2) is 35.5 Å². The van der Waals surface area contributed by atoms with E-state index in [0.29, 0.717) is 9.80 Å². The molecule has 2 aliphatic rings. The van der Waals surface area contributed by atoms with Gasteiger partial charge in [-0.3, -0.25) is 24.1 Å². The summed E-state index contributed by atoms with van der Waals surface area (Å²) in [4.78, 5) is 72.1. The molecule has 1 aromatic carbocycles. The van der Waals surface area contributed by atoms with Crippen molar-refractivity contribution in [2.45, 2.75) is 31.1 Å². The predicted molar refractivity (Wildman–Crippen MR) is 122 cm³/mol. The van der Waals surface area contributed by atoms with E-state index < -0.39 is 87.8 Å². The van der Waals surface area contributed by atoms with E-state index in [1.165, 1.54) is 29.6 Å². The van der Waals surface area contributed by atoms with E-state index in [-0.39, 0.29) is 16.7 Å². The van der Waals surface area contributed by atoms with Crippen LogP contribution in [-0.2, 0) is 45.1 Å². The number of nitrogens with one attached hydrogen (secondary N) is 1. The second kappa shape index (κ2) is 10.9. The van der Waals surface area contributed by atoms with Gasteiger partial charge in [-0.2, -0.15) is 13.2 Å². The lowest BCUT2D eigenvalue weighted by atomic mass is 10.0. The molecule has 2 heterocycles. The van der Waals surface area contributed by atoms with Crippen molar-refractivity contribution in [3.8, 4) is 0 Å². The number of ether oxygens (including phenoxy) is 2. The van der Waals surface area contributed by atoms with Gasteiger partial charge in [0.15, 0.2) is 15.2 Å². The minimum Gasteiger partial charge on any atom is -0.465 e. The lowest BCUT2D eigenvalue weighted by molar-refractivity contribution is -0.177. The van der Waals surface area contributed by atoms with Gasteiger partial charge in [-0.1, -0.05) is 12.1 Å². The van der Waals surface area contributed by atoms with Crippen molar-refractivity contribution in [1.82, 2.24) is 15.1 Å². The summed E-state index contributed by atoms with van der Waals surface area (Å²) in [5.41, 5.74) is -0.804. The third kappa shape index (κ3) is 6.05. The molecule has 0 bridgehead atoms. The molecule has 1 aromatic rings. The number of carbonyl (C=O) groups is 6. The van der Waals surface area contributed by atoms with E-state index >= 15 is 0 Å². The summed E-state index contributed by atoms with van der Waals surface area (Å²) in [6.07, 6.45) is -6.91. The van der Waals surface area contributed by atoms with Crippen molar-refractivity contribution in [2.75, 3.05) is 19.4 Å². The smallest absolute Gasteiger partial charge is 0.465 e. The predicted octanol–water partition coefficient (Wildman–Crippen LogP) is -0.0592. The van der Waals surface area contributed by atoms with Crippen LogP contribution in [0.5, 0.6) is 0 Å². The number of carboxylic acid groups (broad SMARTS) is 1. The summed E-state index contributed by atoms with van der Waals surface area (Å²) in [5, 5.41) is 8.16. The van der Waals surface area contributed by atoms with Gasteiger partial charge in [0.05, 0.1) is 5.75 Å². The Balaban J connectivity index is 1.85. The van der Waals surface area contributed by atoms with Crippen molar-refractivity contribution in [1.29, 1.82) is 0 Å². The molecule has 2 atom stereocenters. The minimum atomic E-state index is -5.42. The first-order chi connectivity index (χ1) is 18.5. The largest absolute Gasteiger partial charge is 0.471 e. The Morgan fingerprint density at radius 2 is 1.70 bits per heavy atom. The van der Waals surface area contributed by atoms with E-state index in [0.717, 1.165) is 14.0 Å². The number of nitrogens with zero attached hydrogens (tertiary/aromatic N) is 2. The number of alkyl halides is 3. The fourth-order valence-corrected chi connectivity index (χ4v) is 5.78. The molecule has 0 spiro atoms. The summed E-state index contributed by atoms with van der Waals surface area (Å²) >= 11 is 0. The van der Waals surface area contributed by atoms with Crippen LogP contribution in [0, 0.1) is 0 Å². The standard InChI is InChI=1S/C22H20F3N3O11S/c1-10(29)38-8-13-9-40(36,37)18-14(26-20(33)22(23,24)25)17(31)28(18)15(13)19(32)39-7-11-3-5-12(6-4-11)16(30)27(2)21(34)35/h3-6,14,18H,7-9H2,1-2H3,(H,26,33)(H,34,35)/t14-,18-/m0/s1. The molecule has 1 saturated heterocycles. The third-order valence-electron chi connectivity index (χ3n) is 5.71. The number of rotatable bonds is 7. The highest BCUT2D eigenvalue weighted by Crippen LogP contribution is 2.38. The van der Waals surface area contributed by atoms with Gasteiger partial charge in [0, 0.05) is 25.1 Å². The number of halogens is 3. The Bertz CT molecular complexity index is 1420. The van der Waals surface area contributed by atoms with Crippen LogP contribution in [0.4, 0.5) is 18.0 Å². The number of hydrogen-bond acceptors (Lipinski definition) is 10. The number of amides is 4. The maximum absolute atomic E-state index is 13.0. The number of hydrogen-bond donors (Lipinski definition) is 2. The number of benzene rings is 1. The maximum atomic E-state index is 13.0. The van der Waals surface area contributed by atoms with Crippen LogP contribution in [0.25, 0.3) is 0 Å². The van der Waals surface area contributed by atoms with Crippen molar-refractivity contribution < 1.29 is 64.9 Å². The molecule has 14 nitrogen and oxygen atoms in total. The van der Waals surface area contributed by atoms with Crippen molar-refractivity contribution in [2.24, 2.45) is 0 Å². The molecule has 4 amide bonds. The molecule has 0 radical (unpaired) electrons. The zero-order valence-corrected chi connectivity index (χ0v) is 21.4. The summed E-state index contributed by atoms with van der Waals surface area (Å²) in [6, 6.07) is 2.98. The molecule has 2 N–H and O–H groups in total. The number of sulfone groups is 1. The molecular formula is C22H20F3N3O11S. The van der Waals surface area contributed by atoms with Gasteiger partial charge >= 0.3 is 30.1 Å². The van der Waals surface area contributed by atoms with Crippen LogP contribution in [0.2, 0.25) is 0 Å². The first-order valence-electron chi connectivity index (χ1n) is 11.0. The van der Waals surface area contributed by atoms with Gasteiger partial charge in [-0.05, 0) is 17.7 Å². The van der Waals surface area contributed by atoms with Gasteiger partial charge in [0.2, 0.25) is 0 Å². The molecular weight excluding hydrogens is 571 g/mol. The molecule has 0 aromatic heterocycles. The molecule has 0 unspecified atom stereocenters. The average Bonchev–Trinajstić information content (AvgIpc) is 2.86. The van der Waals surface area contributed by atoms with E-state index in [1.807, 2.05) is 0 Å². The molecule has 216 valence electrons. The fourth-order valence-electron chi connectivity index (χ4n) is 3.78. The van der Waals surface area contributed by atoms with Crippen LogP contribution < -0.4 is 5.32 Å². The number of esters is 2. The first kappa shape index (κ1) is 30.1. The number of β-lactam (4-membered cyclic amide) rings is 1. The summed E-state index contributed by atoms with van der Waals surface area (Å²) in [6.45, 7) is -0.276. The molecule has 18 heteroatoms. The number of carbonyl (C=O) groups excluding carboxylic acids is 5. The van der Waals surface area contributed by atoms with Crippen LogP contribution in [0.1, 0.15) is 22.8 Å². The van der Waals surface area contributed by atoms with Crippen molar-refractivity contribution in [3.05, 3.63) is 46.7 Å². The van der Waals surface area contributed by atoms with Gasteiger partial charge in [-0.25, -0.2) is 22.9 Å². The SMILES string of the molecule is CC(=O)OCC1=C(C(=O)OCc2ccc(C(=O)N(C)C(=O)O)cc2)N2C(=O)[C@H](NC(=O)C(F)(F)F)[C@@H]2S(=O)(=O)C1. The normalized spacial score (nSPS) is 19.6. The third-order valence-corrected chi connectivity index (χ3v) is 7.68. The molecule has 0 aliphatic carbocycles. The number of fused-ring (bicyclic) bond motifs is 1. The minimum absolute atomic E-state index is 0.00944. The van der Waals surface area contributed by atoms with Crippen LogP contribution in [-0.4, -0.2) is 96.1 Å². The Kier molecular flexibility index (Phi) is 8.23. The van der Waals surface area contributed by atoms with Crippen LogP contribution >= 0.6 is 0 Å². The Labute approximate surface area is 223 Å². The quantitative estimate of drug-likeness (QED) is 0.319. The molecule has 0 saturated carbocycles. The first-order valence-corrected chi connectivity index (χ1v) is 12.7. The molecule has 1 fully saturated rings. The zero-order valence-electron chi connectivity index (χ0n) is 20.6. The van der Waals surface area contributed by atoms with E-state index in [9.17, 15) is 50.4 Å². The van der Waals surface area contributed by atoms with Crippen molar-refractivity contribution in [3.63, 3.8) is 0 Å². The highest BCUT2D eigenvalue weighted by molar-refractivity contribution is 7.92. The fraction of sp³-hybridized carbons (Fsp3) is 0.364. The van der Waals surface area contributed by atoms with Gasteiger partial charge < -0.3 is 19.9 Å². The summed E-state index contributed by atoms with van der Waals surface area (Å²) in [5.74, 6) is -7.89. The number of imide groups is 1. The Morgan fingerprint density at radius 3 is 2.23 bits per heavy atom. The highest BCUT2D eigenvalue weighted by Gasteiger charge is 2.62. The van der Waals surface area contributed by atoms with E-state index in [2.05, 4.69) is 0 Å². The van der Waals surface area contributed by atoms with Gasteiger partial charge in [0.25, 0.3) is 11.8 Å². The zero-order chi connectivity index (χ0) is 30.2. The van der Waals surface area contributed by atoms with Gasteiger partial charge in [-0.15, -0.1) is 0 Å². The van der Waals surface area contributed by atoms with Crippen LogP contribution in [0.3, 0.4) is 0 Å². The topological polar surface area (TPSA) is 194 Å². The van der Waals surface area contributed by atoms with Crippen molar-refractivity contribution >= 4 is 45.6 Å². The highest BCUT2D eigenvalue weighted by atomic mass is 32.2. The second-order valence-corrected chi connectivity index (χ2v) is 10.6. The average molecular weight is 591 g/mol. The summed E-state index contributed by atoms with van der Waals surface area (Å²) < 4.78 is 73.6. The summed E-state index contributed by atoms with van der Waals surface area (Å²) in [7, 11) is -3.43. The Morgan fingerprint density at radius 1 is 1.10 bits per heavy atom.